The molecule has 380 valence electrons. The van der Waals surface area contributed by atoms with Crippen LogP contribution in [-0.4, -0.2) is 53.3 Å². The normalized spacial score (nSPS) is 19.5. The lowest BCUT2D eigenvalue weighted by Gasteiger charge is -2.56. The van der Waals surface area contributed by atoms with Crippen molar-refractivity contribution in [2.75, 3.05) is 0 Å². The summed E-state index contributed by atoms with van der Waals surface area (Å²) in [4.78, 5) is 0. The summed E-state index contributed by atoms with van der Waals surface area (Å²) in [5, 5.41) is 3.77. The Labute approximate surface area is 442 Å². The Hall–Kier alpha value is -6.05. The maximum Gasteiger partial charge on any atom is 0.261 e. The van der Waals surface area contributed by atoms with Gasteiger partial charge in [0.05, 0.1) is 26.4 Å². The van der Waals surface area contributed by atoms with Crippen molar-refractivity contribution < 1.29 is 27.8 Å². The molecular weight excluding hydrogens is 945 g/mol. The van der Waals surface area contributed by atoms with Crippen LogP contribution in [0.5, 0.6) is 0 Å². The third-order valence-corrected chi connectivity index (χ3v) is 24.6. The third kappa shape index (κ3) is 11.7. The van der Waals surface area contributed by atoms with Gasteiger partial charge in [0.15, 0.2) is 0 Å². The van der Waals surface area contributed by atoms with Crippen molar-refractivity contribution in [3.05, 3.63) is 265 Å². The third-order valence-electron chi connectivity index (χ3n) is 14.5. The molecule has 6 atom stereocenters. The summed E-state index contributed by atoms with van der Waals surface area (Å²) in [5.74, 6) is 0. The molecule has 9 rings (SSSR count). The number of hydrogen-bond acceptors (Lipinski definition) is 6. The Morgan fingerprint density at radius 2 is 0.432 bits per heavy atom. The fourth-order valence-corrected chi connectivity index (χ4v) is 20.4. The second-order valence-electron chi connectivity index (χ2n) is 21.5. The van der Waals surface area contributed by atoms with Crippen molar-refractivity contribution in [1.82, 2.24) is 0 Å². The van der Waals surface area contributed by atoms with Crippen molar-refractivity contribution in [1.29, 1.82) is 0 Å². The smallest absolute Gasteiger partial charge is 0.261 e. The van der Waals surface area contributed by atoms with Crippen molar-refractivity contribution in [2.24, 2.45) is 0 Å². The van der Waals surface area contributed by atoms with Crippen LogP contribution in [0.25, 0.3) is 0 Å². The van der Waals surface area contributed by atoms with E-state index in [9.17, 15) is 0 Å². The maximum absolute atomic E-state index is 8.63. The molecule has 0 unspecified atom stereocenters. The van der Waals surface area contributed by atoms with Gasteiger partial charge >= 0.3 is 0 Å². The van der Waals surface area contributed by atoms with Crippen molar-refractivity contribution >= 4 is 37.4 Å². The molecule has 1 fully saturated rings. The molecule has 0 spiro atoms. The van der Waals surface area contributed by atoms with Gasteiger partial charge in [-0.05, 0) is 53.1 Å². The summed E-state index contributed by atoms with van der Waals surface area (Å²) < 4.78 is 47.4. The first-order valence-electron chi connectivity index (χ1n) is 26.2. The molecule has 0 saturated heterocycles. The average molecular weight is 1020 g/mol. The van der Waals surface area contributed by atoms with Crippen LogP contribution in [0.3, 0.4) is 0 Å². The first-order valence-corrected chi connectivity index (χ1v) is 30.0. The highest BCUT2D eigenvalue weighted by atomic mass is 28.4. The van der Waals surface area contributed by atoms with Gasteiger partial charge in [-0.2, -0.15) is 0 Å². The first kappa shape index (κ1) is 52.8. The van der Waals surface area contributed by atoms with Crippen LogP contribution >= 0.6 is 0 Å². The monoisotopic (exact) mass is 1020 g/mol. The van der Waals surface area contributed by atoms with E-state index in [0.717, 1.165) is 43.0 Å². The van der Waals surface area contributed by atoms with Crippen LogP contribution in [0.15, 0.2) is 243 Å². The van der Waals surface area contributed by atoms with Gasteiger partial charge in [0.1, 0.15) is 36.6 Å². The Balaban J connectivity index is 1.35. The molecule has 74 heavy (non-hydrogen) atoms. The molecule has 1 aliphatic rings. The van der Waals surface area contributed by atoms with E-state index >= 15 is 0 Å². The van der Waals surface area contributed by atoms with Gasteiger partial charge in [-0.1, -0.05) is 284 Å². The minimum Gasteiger partial charge on any atom is -0.399 e. The molecule has 0 N–H and O–H groups in total. The Morgan fingerprint density at radius 3 is 0.622 bits per heavy atom. The van der Waals surface area contributed by atoms with E-state index in [4.69, 9.17) is 27.8 Å². The van der Waals surface area contributed by atoms with Gasteiger partial charge in [0.2, 0.25) is 0 Å². The van der Waals surface area contributed by atoms with Crippen molar-refractivity contribution in [3.63, 3.8) is 0 Å². The molecule has 0 amide bonds. The van der Waals surface area contributed by atoms with Crippen LogP contribution in [0.1, 0.15) is 63.8 Å². The molecule has 6 nitrogen and oxygen atoms in total. The summed E-state index contributed by atoms with van der Waals surface area (Å²) in [7, 11) is -6.86. The topological polar surface area (TPSA) is 55.4 Å². The second-order valence-corrected chi connectivity index (χ2v) is 30.0. The zero-order chi connectivity index (χ0) is 51.4. The number of hydrogen-bond donors (Lipinski definition) is 0. The average Bonchev–Trinajstić information content (AvgIpc) is 3.43. The van der Waals surface area contributed by atoms with Gasteiger partial charge in [-0.25, -0.2) is 0 Å². The predicted molar refractivity (Wildman–Crippen MR) is 305 cm³/mol. The van der Waals surface area contributed by atoms with Crippen LogP contribution in [0, 0.1) is 0 Å². The fraction of sp³-hybridized carbons (Fsp3) is 0.273. The summed E-state index contributed by atoms with van der Waals surface area (Å²) in [6.07, 6.45) is -4.51. The molecule has 0 radical (unpaired) electrons. The summed E-state index contributed by atoms with van der Waals surface area (Å²) >= 11 is 0. The molecule has 0 bridgehead atoms. The van der Waals surface area contributed by atoms with E-state index < -0.39 is 63.3 Å². The van der Waals surface area contributed by atoms with Gasteiger partial charge in [-0.3, -0.25) is 0 Å². The van der Waals surface area contributed by atoms with Crippen LogP contribution in [0.2, 0.25) is 10.1 Å². The molecule has 1 aliphatic carbocycles. The summed E-state index contributed by atoms with van der Waals surface area (Å²) in [6.45, 7) is 15.2. The molecule has 8 aromatic carbocycles. The van der Waals surface area contributed by atoms with Gasteiger partial charge in [0, 0.05) is 0 Å². The lowest BCUT2D eigenvalue weighted by atomic mass is 9.84. The van der Waals surface area contributed by atoms with E-state index in [1.54, 1.807) is 0 Å². The van der Waals surface area contributed by atoms with Gasteiger partial charge in [-0.15, -0.1) is 0 Å². The minimum atomic E-state index is -3.43. The predicted octanol–water partition coefficient (Wildman–Crippen LogP) is 12.2. The Morgan fingerprint density at radius 1 is 0.257 bits per heavy atom. The van der Waals surface area contributed by atoms with Gasteiger partial charge < -0.3 is 27.8 Å². The number of benzene rings is 8. The quantitative estimate of drug-likeness (QED) is 0.0709. The Bertz CT molecular complexity index is 2600. The second kappa shape index (κ2) is 24.1. The van der Waals surface area contributed by atoms with Crippen molar-refractivity contribution in [3.8, 4) is 0 Å². The first-order chi connectivity index (χ1) is 36.0. The summed E-state index contributed by atoms with van der Waals surface area (Å²) in [6, 6.07) is 85.0. The Kier molecular flexibility index (Phi) is 17.2. The molecule has 8 heteroatoms. The fourth-order valence-electron chi connectivity index (χ4n) is 11.0. The zero-order valence-electron chi connectivity index (χ0n) is 43.8. The highest BCUT2D eigenvalue weighted by molar-refractivity contribution is 7.00. The highest BCUT2D eigenvalue weighted by Crippen LogP contribution is 2.46. The molecule has 0 heterocycles. The lowest BCUT2D eigenvalue weighted by Crippen LogP contribution is -2.77. The van der Waals surface area contributed by atoms with Crippen LogP contribution in [-0.2, 0) is 54.2 Å². The van der Waals surface area contributed by atoms with Crippen molar-refractivity contribution in [2.45, 2.75) is 115 Å². The molecule has 0 aromatic heterocycles. The summed E-state index contributed by atoms with van der Waals surface area (Å²) in [5.41, 5.74) is 4.14. The number of ether oxygens (including phenoxy) is 4. The van der Waals surface area contributed by atoms with E-state index in [1.807, 2.05) is 24.3 Å². The van der Waals surface area contributed by atoms with Crippen LogP contribution in [0.4, 0.5) is 0 Å². The lowest BCUT2D eigenvalue weighted by molar-refractivity contribution is -0.267. The van der Waals surface area contributed by atoms with E-state index in [2.05, 4.69) is 260 Å². The molecule has 8 aromatic rings. The standard InChI is InChI=1S/C66H72O6Si2/c1-65(2,3)73(55-39-23-11-24-40-55,56-41-25-12-26-42-56)71-63-61(69-49-53-35-19-9-20-36-53)59(67-47-51-31-15-7-16-32-51)60(68-48-52-33-17-8-18-34-52)62(70-50-54-37-21-10-22-38-54)64(63)72-74(66(4,5)6,57-43-27-13-28-44-57)58-45-29-14-30-46-58/h7-46,59-64H,47-50H2,1-6H3/t59-,60+,61-,62-,63+,64+/m1/s1. The largest absolute Gasteiger partial charge is 0.399 e. The minimum absolute atomic E-state index is 0.296. The molecular formula is C66H72O6Si2. The van der Waals surface area contributed by atoms with E-state index in [0.29, 0.717) is 26.4 Å². The van der Waals surface area contributed by atoms with Gasteiger partial charge in [0.25, 0.3) is 16.6 Å². The molecule has 1 saturated carbocycles. The maximum atomic E-state index is 8.63. The zero-order valence-corrected chi connectivity index (χ0v) is 45.8. The van der Waals surface area contributed by atoms with Crippen LogP contribution < -0.4 is 20.7 Å². The van der Waals surface area contributed by atoms with E-state index in [1.165, 1.54) is 0 Å². The molecule has 0 aliphatic heterocycles. The number of rotatable bonds is 20. The van der Waals surface area contributed by atoms with E-state index in [-0.39, 0.29) is 0 Å². The SMILES string of the molecule is CC(C)(C)[Si](O[C@H]1[C@H](OCc2ccccc2)[C@H](OCc2ccccc2)[C@H](OCc2ccccc2)[C@@H](OCc2ccccc2)[C@@H]1O[Si](c1ccccc1)(c1ccccc1)C(C)(C)C)(c1ccccc1)c1ccccc1. The highest BCUT2D eigenvalue weighted by Gasteiger charge is 2.63.